The van der Waals surface area contributed by atoms with E-state index in [9.17, 15) is 4.79 Å². The number of fused-ring (bicyclic) bond motifs is 1. The fourth-order valence-electron chi connectivity index (χ4n) is 2.55. The molecule has 0 saturated heterocycles. The predicted molar refractivity (Wildman–Crippen MR) is 90.2 cm³/mol. The largest absolute Gasteiger partial charge is 0.351 e. The molecule has 6 nitrogen and oxygen atoms in total. The summed E-state index contributed by atoms with van der Waals surface area (Å²) in [5.74, 6) is 0.985. The van der Waals surface area contributed by atoms with E-state index in [1.807, 2.05) is 51.4 Å². The van der Waals surface area contributed by atoms with Crippen molar-refractivity contribution in [1.29, 1.82) is 0 Å². The van der Waals surface area contributed by atoms with Crippen LogP contribution in [0.3, 0.4) is 0 Å². The Bertz CT molecular complexity index is 909. The van der Waals surface area contributed by atoms with E-state index in [1.54, 1.807) is 4.52 Å². The molecule has 23 heavy (non-hydrogen) atoms. The Morgan fingerprint density at radius 2 is 1.87 bits per heavy atom. The molecule has 3 heterocycles. The van der Waals surface area contributed by atoms with Crippen LogP contribution in [0.25, 0.3) is 5.78 Å². The summed E-state index contributed by atoms with van der Waals surface area (Å²) in [6, 6.07) is 3.89. The molecule has 120 valence electrons. The van der Waals surface area contributed by atoms with E-state index in [0.29, 0.717) is 16.7 Å². The van der Waals surface area contributed by atoms with E-state index < -0.39 is 0 Å². The topological polar surface area (TPSA) is 65.1 Å². The highest BCUT2D eigenvalue weighted by atomic mass is 32.2. The molecule has 3 rings (SSSR count). The first-order valence-corrected chi connectivity index (χ1v) is 8.35. The molecule has 3 aromatic heterocycles. The summed E-state index contributed by atoms with van der Waals surface area (Å²) in [4.78, 5) is 21.2. The van der Waals surface area contributed by atoms with Gasteiger partial charge in [-0.05, 0) is 39.8 Å². The Morgan fingerprint density at radius 3 is 2.52 bits per heavy atom. The molecule has 0 fully saturated rings. The van der Waals surface area contributed by atoms with Crippen LogP contribution in [0.4, 0.5) is 0 Å². The molecule has 0 aromatic carbocycles. The number of hydrogen-bond acceptors (Lipinski definition) is 5. The van der Waals surface area contributed by atoms with Crippen molar-refractivity contribution in [2.75, 3.05) is 5.75 Å². The Kier molecular flexibility index (Phi) is 3.97. The Morgan fingerprint density at radius 1 is 1.13 bits per heavy atom. The van der Waals surface area contributed by atoms with Crippen LogP contribution in [0.2, 0.25) is 0 Å². The van der Waals surface area contributed by atoms with Gasteiger partial charge in [0, 0.05) is 35.4 Å². The van der Waals surface area contributed by atoms with Gasteiger partial charge in [-0.1, -0.05) is 11.8 Å². The van der Waals surface area contributed by atoms with E-state index in [0.717, 1.165) is 28.3 Å². The molecule has 0 amide bonds. The molecule has 0 radical (unpaired) electrons. The molecule has 0 aliphatic carbocycles. The van der Waals surface area contributed by atoms with Gasteiger partial charge in [0.2, 0.25) is 5.16 Å². The summed E-state index contributed by atoms with van der Waals surface area (Å²) >= 11 is 1.35. The summed E-state index contributed by atoms with van der Waals surface area (Å²) in [6.07, 6.45) is 0. The molecule has 0 unspecified atom stereocenters. The molecule has 0 atom stereocenters. The Hall–Kier alpha value is -2.15. The van der Waals surface area contributed by atoms with Gasteiger partial charge in [-0.25, -0.2) is 9.50 Å². The third kappa shape index (κ3) is 2.88. The molecule has 7 heteroatoms. The van der Waals surface area contributed by atoms with Gasteiger partial charge in [0.1, 0.15) is 0 Å². The average Bonchev–Trinajstić information content (AvgIpc) is 3.01. The van der Waals surface area contributed by atoms with Crippen LogP contribution in [0.1, 0.15) is 33.1 Å². The third-order valence-electron chi connectivity index (χ3n) is 4.01. The standard InChI is InChI=1S/C16H19N5OS/c1-9-6-11(3)21-15(17-9)18-16(19-21)23-8-14(22)13-7-10(2)20(5)12(13)4/h6-7H,8H2,1-5H3. The van der Waals surface area contributed by atoms with Crippen LogP contribution < -0.4 is 0 Å². The monoisotopic (exact) mass is 329 g/mol. The van der Waals surface area contributed by atoms with Crippen molar-refractivity contribution in [2.24, 2.45) is 7.05 Å². The summed E-state index contributed by atoms with van der Waals surface area (Å²) in [7, 11) is 1.97. The molecular formula is C16H19N5OS. The molecule has 0 bridgehead atoms. The van der Waals surface area contributed by atoms with E-state index in [4.69, 9.17) is 0 Å². The van der Waals surface area contributed by atoms with Gasteiger partial charge >= 0.3 is 0 Å². The Labute approximate surface area is 138 Å². The van der Waals surface area contributed by atoms with Crippen LogP contribution >= 0.6 is 11.8 Å². The van der Waals surface area contributed by atoms with E-state index in [1.165, 1.54) is 11.8 Å². The molecule has 0 spiro atoms. The first-order chi connectivity index (χ1) is 10.9. The van der Waals surface area contributed by atoms with Crippen molar-refractivity contribution in [1.82, 2.24) is 24.1 Å². The van der Waals surface area contributed by atoms with Crippen molar-refractivity contribution < 1.29 is 4.79 Å². The van der Waals surface area contributed by atoms with Crippen LogP contribution in [-0.2, 0) is 7.05 Å². The van der Waals surface area contributed by atoms with Crippen LogP contribution in [0.5, 0.6) is 0 Å². The van der Waals surface area contributed by atoms with Crippen molar-refractivity contribution in [2.45, 2.75) is 32.9 Å². The fourth-order valence-corrected chi connectivity index (χ4v) is 3.26. The lowest BCUT2D eigenvalue weighted by Gasteiger charge is -2.01. The number of thioether (sulfide) groups is 1. The number of aryl methyl sites for hydroxylation is 3. The van der Waals surface area contributed by atoms with E-state index in [2.05, 4.69) is 15.1 Å². The highest BCUT2D eigenvalue weighted by molar-refractivity contribution is 7.99. The lowest BCUT2D eigenvalue weighted by Crippen LogP contribution is -2.04. The van der Waals surface area contributed by atoms with Crippen molar-refractivity contribution >= 4 is 23.3 Å². The fraction of sp³-hybridized carbons (Fsp3) is 0.375. The van der Waals surface area contributed by atoms with Gasteiger partial charge in [0.15, 0.2) is 5.78 Å². The number of ketones is 1. The number of aromatic nitrogens is 5. The number of rotatable bonds is 4. The average molecular weight is 329 g/mol. The minimum Gasteiger partial charge on any atom is -0.351 e. The maximum Gasteiger partial charge on any atom is 0.253 e. The third-order valence-corrected chi connectivity index (χ3v) is 4.84. The van der Waals surface area contributed by atoms with Crippen LogP contribution in [0.15, 0.2) is 17.3 Å². The number of hydrogen-bond donors (Lipinski definition) is 0. The molecular weight excluding hydrogens is 310 g/mol. The zero-order chi connectivity index (χ0) is 16.7. The second-order valence-electron chi connectivity index (χ2n) is 5.70. The molecule has 0 aliphatic rings. The van der Waals surface area contributed by atoms with Crippen molar-refractivity contribution in [3.05, 3.63) is 40.5 Å². The second kappa shape index (κ2) is 5.81. The normalized spacial score (nSPS) is 11.3. The maximum absolute atomic E-state index is 12.4. The smallest absolute Gasteiger partial charge is 0.253 e. The summed E-state index contributed by atoms with van der Waals surface area (Å²) in [6.45, 7) is 7.85. The molecule has 3 aromatic rings. The quantitative estimate of drug-likeness (QED) is 0.544. The van der Waals surface area contributed by atoms with Gasteiger partial charge in [-0.2, -0.15) is 4.98 Å². The first kappa shape index (κ1) is 15.7. The highest BCUT2D eigenvalue weighted by Crippen LogP contribution is 2.20. The molecule has 0 N–H and O–H groups in total. The van der Waals surface area contributed by atoms with Crippen molar-refractivity contribution in [3.8, 4) is 0 Å². The van der Waals surface area contributed by atoms with Gasteiger partial charge in [0.05, 0.1) is 5.75 Å². The van der Waals surface area contributed by atoms with E-state index >= 15 is 0 Å². The van der Waals surface area contributed by atoms with Crippen molar-refractivity contribution in [3.63, 3.8) is 0 Å². The Balaban J connectivity index is 1.79. The van der Waals surface area contributed by atoms with E-state index in [-0.39, 0.29) is 5.78 Å². The first-order valence-electron chi connectivity index (χ1n) is 7.36. The number of carbonyl (C=O) groups is 1. The minimum atomic E-state index is 0.0934. The summed E-state index contributed by atoms with van der Waals surface area (Å²) in [5, 5.41) is 4.99. The summed E-state index contributed by atoms with van der Waals surface area (Å²) in [5.41, 5.74) is 4.73. The molecule has 0 saturated carbocycles. The second-order valence-corrected chi connectivity index (χ2v) is 6.64. The summed E-state index contributed by atoms with van der Waals surface area (Å²) < 4.78 is 3.73. The minimum absolute atomic E-state index is 0.0934. The number of nitrogens with zero attached hydrogens (tertiary/aromatic N) is 5. The van der Waals surface area contributed by atoms with Crippen LogP contribution in [-0.4, -0.2) is 35.7 Å². The SMILES string of the molecule is Cc1cc(C)n2nc(SCC(=O)c3cc(C)n(C)c3C)nc2n1. The van der Waals surface area contributed by atoms with Gasteiger partial charge < -0.3 is 4.57 Å². The zero-order valence-corrected chi connectivity index (χ0v) is 14.7. The van der Waals surface area contributed by atoms with Gasteiger partial charge in [0.25, 0.3) is 5.78 Å². The maximum atomic E-state index is 12.4. The van der Waals surface area contributed by atoms with Gasteiger partial charge in [-0.3, -0.25) is 4.79 Å². The molecule has 0 aliphatic heterocycles. The highest BCUT2D eigenvalue weighted by Gasteiger charge is 2.16. The lowest BCUT2D eigenvalue weighted by molar-refractivity contribution is 0.102. The van der Waals surface area contributed by atoms with Crippen LogP contribution in [0, 0.1) is 27.7 Å². The number of Topliss-reactive ketones (excluding diaryl/α,β-unsaturated/α-hetero) is 1. The van der Waals surface area contributed by atoms with Gasteiger partial charge in [-0.15, -0.1) is 5.10 Å². The lowest BCUT2D eigenvalue weighted by atomic mass is 10.2. The zero-order valence-electron chi connectivity index (χ0n) is 13.9. The predicted octanol–water partition coefficient (Wildman–Crippen LogP) is 2.67. The number of carbonyl (C=O) groups excluding carboxylic acids is 1.